The summed E-state index contributed by atoms with van der Waals surface area (Å²) in [5.74, 6) is 0.770. The molecule has 15 heavy (non-hydrogen) atoms. The summed E-state index contributed by atoms with van der Waals surface area (Å²) in [6.45, 7) is 6.29. The molecule has 2 fully saturated rings. The highest BCUT2D eigenvalue weighted by Crippen LogP contribution is 2.27. The first-order chi connectivity index (χ1) is 7.33. The van der Waals surface area contributed by atoms with Crippen LogP contribution in [0.1, 0.15) is 32.6 Å². The van der Waals surface area contributed by atoms with Crippen molar-refractivity contribution in [3.63, 3.8) is 0 Å². The fraction of sp³-hybridized carbons (Fsp3) is 1.00. The van der Waals surface area contributed by atoms with Gasteiger partial charge in [-0.05, 0) is 38.1 Å². The Balaban J connectivity index is 1.97. The second-order valence-electron chi connectivity index (χ2n) is 5.00. The standard InChI is InChI=1S/C12H24N2O/c1-10-3-2-6-14(12(10)9-13)11-4-7-15-8-5-11/h10-12H,2-9,13H2,1H3. The van der Waals surface area contributed by atoms with Gasteiger partial charge in [-0.1, -0.05) is 6.92 Å². The summed E-state index contributed by atoms with van der Waals surface area (Å²) in [6.07, 6.45) is 5.09. The monoisotopic (exact) mass is 212 g/mol. The molecule has 0 amide bonds. The van der Waals surface area contributed by atoms with Crippen LogP contribution in [0.2, 0.25) is 0 Å². The largest absolute Gasteiger partial charge is 0.381 e. The van der Waals surface area contributed by atoms with E-state index in [2.05, 4.69) is 11.8 Å². The average Bonchev–Trinajstić information content (AvgIpc) is 2.30. The van der Waals surface area contributed by atoms with Crippen LogP contribution in [-0.2, 0) is 4.74 Å². The Morgan fingerprint density at radius 2 is 2.00 bits per heavy atom. The Bertz CT molecular complexity index is 192. The first kappa shape index (κ1) is 11.4. The molecule has 2 aliphatic rings. The molecule has 0 aromatic rings. The highest BCUT2D eigenvalue weighted by molar-refractivity contribution is 4.88. The molecule has 88 valence electrons. The van der Waals surface area contributed by atoms with Crippen molar-refractivity contribution in [2.24, 2.45) is 11.7 Å². The lowest BCUT2D eigenvalue weighted by atomic mass is 9.88. The summed E-state index contributed by atoms with van der Waals surface area (Å²) < 4.78 is 5.43. The van der Waals surface area contributed by atoms with E-state index in [1.165, 1.54) is 32.2 Å². The van der Waals surface area contributed by atoms with Crippen LogP contribution < -0.4 is 5.73 Å². The number of nitrogens with two attached hydrogens (primary N) is 1. The van der Waals surface area contributed by atoms with Gasteiger partial charge in [-0.25, -0.2) is 0 Å². The van der Waals surface area contributed by atoms with Crippen molar-refractivity contribution >= 4 is 0 Å². The minimum atomic E-state index is 0.613. The molecule has 0 saturated carbocycles. The Morgan fingerprint density at radius 3 is 2.67 bits per heavy atom. The first-order valence-electron chi connectivity index (χ1n) is 6.36. The van der Waals surface area contributed by atoms with Gasteiger partial charge in [0.15, 0.2) is 0 Å². The van der Waals surface area contributed by atoms with Crippen LogP contribution in [0.4, 0.5) is 0 Å². The third kappa shape index (κ3) is 2.52. The molecule has 0 spiro atoms. The maximum atomic E-state index is 5.92. The van der Waals surface area contributed by atoms with E-state index >= 15 is 0 Å². The minimum absolute atomic E-state index is 0.613. The molecule has 3 nitrogen and oxygen atoms in total. The molecule has 2 saturated heterocycles. The molecule has 0 bridgehead atoms. The lowest BCUT2D eigenvalue weighted by molar-refractivity contribution is -0.00738. The first-order valence-corrected chi connectivity index (χ1v) is 6.36. The lowest BCUT2D eigenvalue weighted by Gasteiger charge is -2.45. The van der Waals surface area contributed by atoms with E-state index < -0.39 is 0 Å². The number of nitrogens with zero attached hydrogens (tertiary/aromatic N) is 1. The summed E-state index contributed by atoms with van der Waals surface area (Å²) in [5, 5.41) is 0. The number of piperidine rings is 1. The van der Waals surface area contributed by atoms with E-state index in [4.69, 9.17) is 10.5 Å². The fourth-order valence-electron chi connectivity index (χ4n) is 3.12. The van der Waals surface area contributed by atoms with E-state index in [-0.39, 0.29) is 0 Å². The van der Waals surface area contributed by atoms with Gasteiger partial charge in [-0.2, -0.15) is 0 Å². The molecule has 2 atom stereocenters. The number of hydrogen-bond acceptors (Lipinski definition) is 3. The highest BCUT2D eigenvalue weighted by atomic mass is 16.5. The Labute approximate surface area is 93.0 Å². The Hall–Kier alpha value is -0.120. The Kier molecular flexibility index (Phi) is 4.00. The SMILES string of the molecule is CC1CCCN(C2CCOCC2)C1CN. The molecule has 2 rings (SSSR count). The minimum Gasteiger partial charge on any atom is -0.381 e. The number of hydrogen-bond donors (Lipinski definition) is 1. The van der Waals surface area contributed by atoms with Crippen molar-refractivity contribution in [2.75, 3.05) is 26.3 Å². The molecule has 0 aromatic heterocycles. The highest BCUT2D eigenvalue weighted by Gasteiger charge is 2.32. The lowest BCUT2D eigenvalue weighted by Crippen LogP contribution is -2.54. The number of ether oxygens (including phenoxy) is 1. The molecule has 2 N–H and O–H groups in total. The zero-order valence-electron chi connectivity index (χ0n) is 9.82. The van der Waals surface area contributed by atoms with E-state index in [1.807, 2.05) is 0 Å². The van der Waals surface area contributed by atoms with Gasteiger partial charge in [-0.3, -0.25) is 4.90 Å². The molecular weight excluding hydrogens is 188 g/mol. The number of likely N-dealkylation sites (tertiary alicyclic amines) is 1. The normalized spacial score (nSPS) is 35.6. The van der Waals surface area contributed by atoms with Gasteiger partial charge in [0.1, 0.15) is 0 Å². The van der Waals surface area contributed by atoms with Gasteiger partial charge >= 0.3 is 0 Å². The third-order valence-corrected chi connectivity index (χ3v) is 4.06. The Morgan fingerprint density at radius 1 is 1.27 bits per heavy atom. The van der Waals surface area contributed by atoms with Crippen molar-refractivity contribution in [3.05, 3.63) is 0 Å². The second kappa shape index (κ2) is 5.28. The zero-order valence-corrected chi connectivity index (χ0v) is 9.82. The molecule has 2 heterocycles. The van der Waals surface area contributed by atoms with Crippen molar-refractivity contribution < 1.29 is 4.74 Å². The van der Waals surface area contributed by atoms with Crippen LogP contribution in [0.3, 0.4) is 0 Å². The van der Waals surface area contributed by atoms with Crippen LogP contribution in [0.5, 0.6) is 0 Å². The smallest absolute Gasteiger partial charge is 0.0480 e. The molecule has 2 aliphatic heterocycles. The maximum Gasteiger partial charge on any atom is 0.0480 e. The van der Waals surface area contributed by atoms with Crippen LogP contribution in [0, 0.1) is 5.92 Å². The van der Waals surface area contributed by atoms with Gasteiger partial charge in [0.05, 0.1) is 0 Å². The fourth-order valence-corrected chi connectivity index (χ4v) is 3.12. The van der Waals surface area contributed by atoms with Crippen LogP contribution in [-0.4, -0.2) is 43.3 Å². The van der Waals surface area contributed by atoms with Crippen LogP contribution >= 0.6 is 0 Å². The van der Waals surface area contributed by atoms with E-state index in [9.17, 15) is 0 Å². The van der Waals surface area contributed by atoms with Gasteiger partial charge in [0, 0.05) is 31.8 Å². The van der Waals surface area contributed by atoms with Crippen molar-refractivity contribution in [3.8, 4) is 0 Å². The van der Waals surface area contributed by atoms with Crippen molar-refractivity contribution in [1.29, 1.82) is 0 Å². The molecule has 3 heteroatoms. The van der Waals surface area contributed by atoms with Gasteiger partial charge < -0.3 is 10.5 Å². The molecule has 0 aromatic carbocycles. The number of rotatable bonds is 2. The maximum absolute atomic E-state index is 5.92. The van der Waals surface area contributed by atoms with Crippen molar-refractivity contribution in [1.82, 2.24) is 4.90 Å². The van der Waals surface area contributed by atoms with Gasteiger partial charge in [0.2, 0.25) is 0 Å². The summed E-state index contributed by atoms with van der Waals surface area (Å²) in [7, 11) is 0. The van der Waals surface area contributed by atoms with E-state index in [0.29, 0.717) is 6.04 Å². The second-order valence-corrected chi connectivity index (χ2v) is 5.00. The summed E-state index contributed by atoms with van der Waals surface area (Å²) in [5.41, 5.74) is 5.92. The third-order valence-electron chi connectivity index (χ3n) is 4.06. The average molecular weight is 212 g/mol. The summed E-state index contributed by atoms with van der Waals surface area (Å²) >= 11 is 0. The zero-order chi connectivity index (χ0) is 10.7. The topological polar surface area (TPSA) is 38.5 Å². The van der Waals surface area contributed by atoms with Gasteiger partial charge in [0.25, 0.3) is 0 Å². The molecule has 0 aliphatic carbocycles. The summed E-state index contributed by atoms with van der Waals surface area (Å²) in [6, 6.07) is 1.34. The van der Waals surface area contributed by atoms with Crippen LogP contribution in [0.15, 0.2) is 0 Å². The predicted molar refractivity (Wildman–Crippen MR) is 61.8 cm³/mol. The van der Waals surface area contributed by atoms with E-state index in [1.54, 1.807) is 0 Å². The van der Waals surface area contributed by atoms with Gasteiger partial charge in [-0.15, -0.1) is 0 Å². The molecule has 2 unspecified atom stereocenters. The molecular formula is C12H24N2O. The van der Waals surface area contributed by atoms with Crippen molar-refractivity contribution in [2.45, 2.75) is 44.7 Å². The summed E-state index contributed by atoms with van der Waals surface area (Å²) in [4.78, 5) is 2.66. The van der Waals surface area contributed by atoms with E-state index in [0.717, 1.165) is 31.7 Å². The van der Waals surface area contributed by atoms with Crippen LogP contribution in [0.25, 0.3) is 0 Å². The predicted octanol–water partition coefficient (Wildman–Crippen LogP) is 1.22. The quantitative estimate of drug-likeness (QED) is 0.748. The molecule has 0 radical (unpaired) electrons.